The van der Waals surface area contributed by atoms with Crippen LogP contribution in [0.2, 0.25) is 0 Å². The summed E-state index contributed by atoms with van der Waals surface area (Å²) >= 11 is 0. The molecule has 1 heterocycles. The highest BCUT2D eigenvalue weighted by molar-refractivity contribution is 5.16. The second-order valence-corrected chi connectivity index (χ2v) is 6.30. The lowest BCUT2D eigenvalue weighted by molar-refractivity contribution is -0.0881. The van der Waals surface area contributed by atoms with Crippen molar-refractivity contribution in [3.05, 3.63) is 35.9 Å². The SMILES string of the molecule is C[C@@]1(CO)[C@@H](OCc2ccccc2)CC[C@]2(C)O[C@H]12. The molecule has 2 fully saturated rings. The van der Waals surface area contributed by atoms with Gasteiger partial charge in [-0.05, 0) is 25.3 Å². The molecule has 19 heavy (non-hydrogen) atoms. The highest BCUT2D eigenvalue weighted by Crippen LogP contribution is 2.56. The van der Waals surface area contributed by atoms with Crippen molar-refractivity contribution in [3.8, 4) is 0 Å². The molecular formula is C16H22O3. The van der Waals surface area contributed by atoms with Crippen LogP contribution in [0.5, 0.6) is 0 Å². The van der Waals surface area contributed by atoms with Crippen molar-refractivity contribution < 1.29 is 14.6 Å². The fourth-order valence-corrected chi connectivity index (χ4v) is 3.40. The molecule has 0 radical (unpaired) electrons. The molecule has 0 bridgehead atoms. The van der Waals surface area contributed by atoms with E-state index in [4.69, 9.17) is 9.47 Å². The molecule has 2 aliphatic rings. The van der Waals surface area contributed by atoms with Crippen LogP contribution in [-0.2, 0) is 16.1 Å². The third-order valence-corrected chi connectivity index (χ3v) is 4.76. The number of rotatable bonds is 4. The van der Waals surface area contributed by atoms with E-state index in [1.54, 1.807) is 0 Å². The molecule has 3 heteroatoms. The maximum Gasteiger partial charge on any atom is 0.0971 e. The summed E-state index contributed by atoms with van der Waals surface area (Å²) in [4.78, 5) is 0. The van der Waals surface area contributed by atoms with E-state index < -0.39 is 0 Å². The van der Waals surface area contributed by atoms with Gasteiger partial charge >= 0.3 is 0 Å². The minimum atomic E-state index is -0.276. The first-order valence-electron chi connectivity index (χ1n) is 7.03. The normalized spacial score (nSPS) is 40.8. The van der Waals surface area contributed by atoms with Crippen LogP contribution < -0.4 is 0 Å². The summed E-state index contributed by atoms with van der Waals surface area (Å²) in [5.41, 5.74) is 0.874. The average molecular weight is 262 g/mol. The molecule has 1 aromatic rings. The first-order chi connectivity index (χ1) is 9.08. The number of benzene rings is 1. The molecule has 104 valence electrons. The predicted molar refractivity (Wildman–Crippen MR) is 72.7 cm³/mol. The van der Waals surface area contributed by atoms with Crippen molar-refractivity contribution in [2.75, 3.05) is 6.61 Å². The van der Waals surface area contributed by atoms with Crippen LogP contribution in [0.1, 0.15) is 32.3 Å². The Morgan fingerprint density at radius 2 is 2.05 bits per heavy atom. The zero-order valence-electron chi connectivity index (χ0n) is 11.6. The molecule has 3 nitrogen and oxygen atoms in total. The van der Waals surface area contributed by atoms with Crippen molar-refractivity contribution in [2.45, 2.75) is 51.1 Å². The summed E-state index contributed by atoms with van der Waals surface area (Å²) in [6.07, 6.45) is 2.18. The largest absolute Gasteiger partial charge is 0.396 e. The lowest BCUT2D eigenvalue weighted by Gasteiger charge is -2.39. The second kappa shape index (κ2) is 4.58. The zero-order valence-corrected chi connectivity index (χ0v) is 11.6. The first kappa shape index (κ1) is 13.1. The molecule has 1 aromatic carbocycles. The molecule has 3 rings (SSSR count). The molecule has 0 amide bonds. The van der Waals surface area contributed by atoms with Gasteiger partial charge in [0.1, 0.15) is 0 Å². The van der Waals surface area contributed by atoms with Gasteiger partial charge in [-0.1, -0.05) is 37.3 Å². The Morgan fingerprint density at radius 1 is 1.32 bits per heavy atom. The quantitative estimate of drug-likeness (QED) is 0.848. The summed E-state index contributed by atoms with van der Waals surface area (Å²) in [7, 11) is 0. The van der Waals surface area contributed by atoms with E-state index >= 15 is 0 Å². The standard InChI is InChI=1S/C16H22O3/c1-15(11-17)13(8-9-16(2)14(15)19-16)18-10-12-6-4-3-5-7-12/h3-7,13-14,17H,8-11H2,1-2H3/t13-,14+,15+,16-/m0/s1. The molecule has 4 atom stereocenters. The van der Waals surface area contributed by atoms with Crippen LogP contribution in [0.3, 0.4) is 0 Å². The molecule has 1 N–H and O–H groups in total. The third-order valence-electron chi connectivity index (χ3n) is 4.76. The minimum absolute atomic E-state index is 0.0237. The van der Waals surface area contributed by atoms with Gasteiger partial charge in [-0.25, -0.2) is 0 Å². The molecule has 0 unspecified atom stereocenters. The van der Waals surface area contributed by atoms with Crippen LogP contribution in [0, 0.1) is 5.41 Å². The average Bonchev–Trinajstić information content (AvgIpc) is 3.13. The predicted octanol–water partition coefficient (Wildman–Crippen LogP) is 2.52. The lowest BCUT2D eigenvalue weighted by atomic mass is 9.70. The Hall–Kier alpha value is -0.900. The van der Waals surface area contributed by atoms with E-state index in [1.807, 2.05) is 18.2 Å². The molecule has 1 saturated heterocycles. The van der Waals surface area contributed by atoms with Gasteiger partial charge in [-0.3, -0.25) is 0 Å². The molecule has 0 spiro atoms. The Labute approximate surface area is 114 Å². The first-order valence-corrected chi connectivity index (χ1v) is 7.03. The molecule has 1 saturated carbocycles. The number of ether oxygens (including phenoxy) is 2. The van der Waals surface area contributed by atoms with Crippen molar-refractivity contribution in [3.63, 3.8) is 0 Å². The fraction of sp³-hybridized carbons (Fsp3) is 0.625. The van der Waals surface area contributed by atoms with Crippen LogP contribution in [0.25, 0.3) is 0 Å². The molecule has 0 aromatic heterocycles. The Balaban J connectivity index is 1.67. The minimum Gasteiger partial charge on any atom is -0.396 e. The van der Waals surface area contributed by atoms with Crippen LogP contribution in [0.4, 0.5) is 0 Å². The van der Waals surface area contributed by atoms with E-state index in [2.05, 4.69) is 26.0 Å². The molecule has 1 aliphatic heterocycles. The Bertz CT molecular complexity index is 447. The van der Waals surface area contributed by atoms with Gasteiger partial charge in [0.25, 0.3) is 0 Å². The van der Waals surface area contributed by atoms with Crippen molar-refractivity contribution in [1.29, 1.82) is 0 Å². The van der Waals surface area contributed by atoms with E-state index in [0.29, 0.717) is 6.61 Å². The van der Waals surface area contributed by atoms with Gasteiger partial charge in [0.05, 0.1) is 31.0 Å². The zero-order chi connectivity index (χ0) is 13.5. The van der Waals surface area contributed by atoms with Gasteiger partial charge < -0.3 is 14.6 Å². The number of fused-ring (bicyclic) bond motifs is 1. The summed E-state index contributed by atoms with van der Waals surface area (Å²) in [6.45, 7) is 4.94. The highest BCUT2D eigenvalue weighted by Gasteiger charge is 2.66. The number of aliphatic hydroxyl groups is 1. The molecule has 1 aliphatic carbocycles. The number of hydrogen-bond donors (Lipinski definition) is 1. The highest BCUT2D eigenvalue weighted by atomic mass is 16.6. The second-order valence-electron chi connectivity index (χ2n) is 6.30. The van der Waals surface area contributed by atoms with E-state index in [9.17, 15) is 5.11 Å². The number of hydrogen-bond acceptors (Lipinski definition) is 3. The molecular weight excluding hydrogens is 240 g/mol. The van der Waals surface area contributed by atoms with E-state index in [-0.39, 0.29) is 29.8 Å². The summed E-state index contributed by atoms with van der Waals surface area (Å²) in [6, 6.07) is 10.2. The Kier molecular flexibility index (Phi) is 3.16. The van der Waals surface area contributed by atoms with Gasteiger partial charge in [0.15, 0.2) is 0 Å². The van der Waals surface area contributed by atoms with Crippen LogP contribution in [-0.4, -0.2) is 29.5 Å². The Morgan fingerprint density at radius 3 is 2.74 bits per heavy atom. The third kappa shape index (κ3) is 2.20. The van der Waals surface area contributed by atoms with Gasteiger partial charge in [-0.2, -0.15) is 0 Å². The monoisotopic (exact) mass is 262 g/mol. The maximum atomic E-state index is 9.77. The van der Waals surface area contributed by atoms with Crippen molar-refractivity contribution in [1.82, 2.24) is 0 Å². The van der Waals surface area contributed by atoms with Crippen LogP contribution in [0.15, 0.2) is 30.3 Å². The van der Waals surface area contributed by atoms with E-state index in [1.165, 1.54) is 5.56 Å². The summed E-state index contributed by atoms with van der Waals surface area (Å²) in [5.74, 6) is 0. The summed E-state index contributed by atoms with van der Waals surface area (Å²) < 4.78 is 11.9. The van der Waals surface area contributed by atoms with Gasteiger partial charge in [0, 0.05) is 5.41 Å². The number of epoxide rings is 1. The smallest absolute Gasteiger partial charge is 0.0971 e. The fourth-order valence-electron chi connectivity index (χ4n) is 3.40. The maximum absolute atomic E-state index is 9.77. The van der Waals surface area contributed by atoms with Gasteiger partial charge in [-0.15, -0.1) is 0 Å². The summed E-state index contributed by atoms with van der Waals surface area (Å²) in [5, 5.41) is 9.77. The van der Waals surface area contributed by atoms with E-state index in [0.717, 1.165) is 12.8 Å². The topological polar surface area (TPSA) is 42.0 Å². The van der Waals surface area contributed by atoms with Gasteiger partial charge in [0.2, 0.25) is 0 Å². The van der Waals surface area contributed by atoms with Crippen LogP contribution >= 0.6 is 0 Å². The van der Waals surface area contributed by atoms with Crippen molar-refractivity contribution in [2.24, 2.45) is 5.41 Å². The lowest BCUT2D eigenvalue weighted by Crippen LogP contribution is -2.48. The van der Waals surface area contributed by atoms with Crippen molar-refractivity contribution >= 4 is 0 Å². The number of aliphatic hydroxyl groups excluding tert-OH is 1.